The Labute approximate surface area is 140 Å². The summed E-state index contributed by atoms with van der Waals surface area (Å²) in [6.45, 7) is 0.376. The Morgan fingerprint density at radius 2 is 2.13 bits per heavy atom. The number of carbonyl (C=O) groups is 1. The predicted molar refractivity (Wildman–Crippen MR) is 90.1 cm³/mol. The van der Waals surface area contributed by atoms with Gasteiger partial charge in [0.1, 0.15) is 17.3 Å². The van der Waals surface area contributed by atoms with Crippen molar-refractivity contribution in [1.82, 2.24) is 10.3 Å². The minimum absolute atomic E-state index is 0.253. The average Bonchev–Trinajstić information content (AvgIpc) is 2.97. The van der Waals surface area contributed by atoms with Crippen LogP contribution in [0.5, 0.6) is 5.75 Å². The van der Waals surface area contributed by atoms with Gasteiger partial charge in [0.05, 0.1) is 12.6 Å². The second-order valence-electron chi connectivity index (χ2n) is 5.07. The second kappa shape index (κ2) is 6.42. The van der Waals surface area contributed by atoms with Crippen LogP contribution in [-0.2, 0) is 6.54 Å². The fourth-order valence-electron chi connectivity index (χ4n) is 2.35. The molecule has 2 N–H and O–H groups in total. The summed E-state index contributed by atoms with van der Waals surface area (Å²) in [5, 5.41) is 3.47. The first-order valence-corrected chi connectivity index (χ1v) is 7.75. The second-order valence-corrected chi connectivity index (χ2v) is 5.92. The Hall–Kier alpha value is -2.34. The monoisotopic (exact) mass is 376 g/mol. The maximum absolute atomic E-state index is 13.4. The fraction of sp³-hybridized carbons (Fsp3) is 0.118. The minimum atomic E-state index is -0.355. The molecular formula is C17H14BrFN2O2. The largest absolute Gasteiger partial charge is 0.497 e. The van der Waals surface area contributed by atoms with Crippen molar-refractivity contribution in [2.24, 2.45) is 0 Å². The van der Waals surface area contributed by atoms with E-state index in [1.54, 1.807) is 13.2 Å². The van der Waals surface area contributed by atoms with Crippen LogP contribution in [0.2, 0.25) is 0 Å². The summed E-state index contributed by atoms with van der Waals surface area (Å²) in [7, 11) is 1.60. The molecular weight excluding hydrogens is 363 g/mol. The van der Waals surface area contributed by atoms with Crippen molar-refractivity contribution in [3.8, 4) is 5.75 Å². The van der Waals surface area contributed by atoms with E-state index in [4.69, 9.17) is 4.74 Å². The normalized spacial score (nSPS) is 10.7. The lowest BCUT2D eigenvalue weighted by Crippen LogP contribution is -2.23. The van der Waals surface area contributed by atoms with Crippen molar-refractivity contribution < 1.29 is 13.9 Å². The molecule has 0 aliphatic carbocycles. The number of halogens is 2. The summed E-state index contributed by atoms with van der Waals surface area (Å²) in [6, 6.07) is 11.8. The Bertz CT molecular complexity index is 876. The van der Waals surface area contributed by atoms with Gasteiger partial charge in [0.25, 0.3) is 5.91 Å². The van der Waals surface area contributed by atoms with Crippen LogP contribution < -0.4 is 10.1 Å². The summed E-state index contributed by atoms with van der Waals surface area (Å²) in [5.74, 6) is 0.129. The van der Waals surface area contributed by atoms with Crippen molar-refractivity contribution >= 4 is 32.7 Å². The Kier molecular flexibility index (Phi) is 4.34. The van der Waals surface area contributed by atoms with Crippen LogP contribution in [-0.4, -0.2) is 18.0 Å². The van der Waals surface area contributed by atoms with Gasteiger partial charge in [-0.2, -0.15) is 0 Å². The number of methoxy groups -OCH3 is 1. The van der Waals surface area contributed by atoms with E-state index in [1.807, 2.05) is 24.3 Å². The van der Waals surface area contributed by atoms with Crippen LogP contribution in [0.4, 0.5) is 4.39 Å². The third-order valence-corrected chi connectivity index (χ3v) is 4.10. The van der Waals surface area contributed by atoms with Crippen LogP contribution >= 0.6 is 15.9 Å². The van der Waals surface area contributed by atoms with Crippen LogP contribution in [0.15, 0.2) is 46.9 Å². The van der Waals surface area contributed by atoms with Crippen molar-refractivity contribution in [3.63, 3.8) is 0 Å². The molecule has 0 bridgehead atoms. The molecule has 118 valence electrons. The van der Waals surface area contributed by atoms with E-state index < -0.39 is 0 Å². The number of H-pyrrole nitrogens is 1. The molecule has 0 saturated carbocycles. The fourth-order valence-corrected chi connectivity index (χ4v) is 2.89. The highest BCUT2D eigenvalue weighted by molar-refractivity contribution is 9.10. The summed E-state index contributed by atoms with van der Waals surface area (Å²) in [6.07, 6.45) is 0. The van der Waals surface area contributed by atoms with E-state index in [0.717, 1.165) is 11.3 Å². The molecule has 0 unspecified atom stereocenters. The molecule has 0 aliphatic heterocycles. The molecule has 4 nitrogen and oxygen atoms in total. The smallest absolute Gasteiger partial charge is 0.267 e. The van der Waals surface area contributed by atoms with E-state index in [0.29, 0.717) is 27.6 Å². The summed E-state index contributed by atoms with van der Waals surface area (Å²) >= 11 is 3.28. The Morgan fingerprint density at radius 3 is 2.91 bits per heavy atom. The molecule has 0 saturated heterocycles. The van der Waals surface area contributed by atoms with Gasteiger partial charge in [-0.3, -0.25) is 4.79 Å². The van der Waals surface area contributed by atoms with Gasteiger partial charge in [-0.25, -0.2) is 4.39 Å². The van der Waals surface area contributed by atoms with E-state index in [9.17, 15) is 9.18 Å². The van der Waals surface area contributed by atoms with Gasteiger partial charge in [-0.05, 0) is 51.8 Å². The van der Waals surface area contributed by atoms with E-state index >= 15 is 0 Å². The number of carbonyl (C=O) groups excluding carboxylic acids is 1. The lowest BCUT2D eigenvalue weighted by Gasteiger charge is -2.06. The quantitative estimate of drug-likeness (QED) is 0.722. The first-order chi connectivity index (χ1) is 11.1. The number of aromatic amines is 1. The predicted octanol–water partition coefficient (Wildman–Crippen LogP) is 4.01. The third kappa shape index (κ3) is 3.37. The molecule has 1 amide bonds. The molecule has 3 aromatic rings. The minimum Gasteiger partial charge on any atom is -0.497 e. The van der Waals surface area contributed by atoms with Gasteiger partial charge in [0.15, 0.2) is 0 Å². The zero-order chi connectivity index (χ0) is 16.4. The zero-order valence-corrected chi connectivity index (χ0v) is 13.9. The molecule has 1 aromatic heterocycles. The van der Waals surface area contributed by atoms with E-state index in [1.165, 1.54) is 12.1 Å². The number of nitrogens with one attached hydrogen (secondary N) is 2. The van der Waals surface area contributed by atoms with E-state index in [-0.39, 0.29) is 11.7 Å². The molecule has 0 radical (unpaired) electrons. The molecule has 23 heavy (non-hydrogen) atoms. The van der Waals surface area contributed by atoms with Crippen molar-refractivity contribution in [2.45, 2.75) is 6.54 Å². The number of ether oxygens (including phenoxy) is 1. The van der Waals surface area contributed by atoms with Gasteiger partial charge < -0.3 is 15.0 Å². The number of benzene rings is 2. The maximum Gasteiger partial charge on any atom is 0.267 e. The van der Waals surface area contributed by atoms with Gasteiger partial charge >= 0.3 is 0 Å². The molecule has 0 atom stereocenters. The SMILES string of the molecule is COc1cccc(CNC(=O)c2cc3cc(F)cc(Br)c3[nH]2)c1. The van der Waals surface area contributed by atoms with Gasteiger partial charge in [-0.15, -0.1) is 0 Å². The number of aromatic nitrogens is 1. The first kappa shape index (κ1) is 15.6. The molecule has 0 fully saturated rings. The lowest BCUT2D eigenvalue weighted by atomic mass is 10.2. The number of rotatable bonds is 4. The van der Waals surface area contributed by atoms with Crippen molar-refractivity contribution in [1.29, 1.82) is 0 Å². The maximum atomic E-state index is 13.4. The summed E-state index contributed by atoms with van der Waals surface area (Å²) < 4.78 is 19.1. The highest BCUT2D eigenvalue weighted by atomic mass is 79.9. The number of fused-ring (bicyclic) bond motifs is 1. The molecule has 6 heteroatoms. The molecule has 0 spiro atoms. The van der Waals surface area contributed by atoms with E-state index in [2.05, 4.69) is 26.2 Å². The Morgan fingerprint density at radius 1 is 1.30 bits per heavy atom. The average molecular weight is 377 g/mol. The number of hydrogen-bond acceptors (Lipinski definition) is 2. The van der Waals surface area contributed by atoms with Gasteiger partial charge in [0, 0.05) is 16.4 Å². The van der Waals surface area contributed by atoms with Crippen molar-refractivity contribution in [3.05, 3.63) is 64.0 Å². The lowest BCUT2D eigenvalue weighted by molar-refractivity contribution is 0.0946. The molecule has 2 aromatic carbocycles. The van der Waals surface area contributed by atoms with Crippen LogP contribution in [0.1, 0.15) is 16.1 Å². The topological polar surface area (TPSA) is 54.1 Å². The van der Waals surface area contributed by atoms with Crippen LogP contribution in [0.25, 0.3) is 10.9 Å². The van der Waals surface area contributed by atoms with Gasteiger partial charge in [-0.1, -0.05) is 12.1 Å². The third-order valence-electron chi connectivity index (χ3n) is 3.48. The summed E-state index contributed by atoms with van der Waals surface area (Å²) in [5.41, 5.74) is 2.01. The van der Waals surface area contributed by atoms with Crippen molar-refractivity contribution in [2.75, 3.05) is 7.11 Å². The zero-order valence-electron chi connectivity index (χ0n) is 12.3. The highest BCUT2D eigenvalue weighted by Crippen LogP contribution is 2.25. The van der Waals surface area contributed by atoms with Crippen LogP contribution in [0.3, 0.4) is 0 Å². The first-order valence-electron chi connectivity index (χ1n) is 6.95. The number of amides is 1. The summed E-state index contributed by atoms with van der Waals surface area (Å²) in [4.78, 5) is 15.3. The molecule has 3 rings (SSSR count). The Balaban J connectivity index is 1.76. The van der Waals surface area contributed by atoms with Crippen LogP contribution in [0, 0.1) is 5.82 Å². The highest BCUT2D eigenvalue weighted by Gasteiger charge is 2.12. The number of hydrogen-bond donors (Lipinski definition) is 2. The molecule has 1 heterocycles. The standard InChI is InChI=1S/C17H14BrFN2O2/c1-23-13-4-2-3-10(5-13)9-20-17(22)15-7-11-6-12(19)8-14(18)16(11)21-15/h2-8,21H,9H2,1H3,(H,20,22). The van der Waals surface area contributed by atoms with Gasteiger partial charge in [0.2, 0.25) is 0 Å². The molecule has 0 aliphatic rings.